The predicted molar refractivity (Wildman–Crippen MR) is 98.4 cm³/mol. The zero-order chi connectivity index (χ0) is 17.9. The van der Waals surface area contributed by atoms with Gasteiger partial charge in [0.25, 0.3) is 5.91 Å². The van der Waals surface area contributed by atoms with Gasteiger partial charge in [-0.1, -0.05) is 36.7 Å². The van der Waals surface area contributed by atoms with E-state index in [1.54, 1.807) is 0 Å². The number of carbonyl (C=O) groups excluding carboxylic acids is 1. The molecule has 0 saturated carbocycles. The van der Waals surface area contributed by atoms with Crippen LogP contribution in [-0.4, -0.2) is 20.6 Å². The number of anilines is 2. The zero-order valence-electron chi connectivity index (χ0n) is 13.7. The average molecular weight is 367 g/mol. The smallest absolute Gasteiger partial charge is 0.257 e. The van der Waals surface area contributed by atoms with E-state index in [1.165, 1.54) is 18.2 Å². The molecule has 0 aliphatic carbocycles. The van der Waals surface area contributed by atoms with Gasteiger partial charge in [-0.3, -0.25) is 9.52 Å². The molecule has 0 radical (unpaired) electrons. The van der Waals surface area contributed by atoms with E-state index in [4.69, 9.17) is 11.6 Å². The Balaban J connectivity index is 2.35. The SMILES string of the molecule is CCc1cccc(C)c1NC(=O)c1cc(NS(C)(=O)=O)ccc1Cl. The van der Waals surface area contributed by atoms with Crippen LogP contribution in [0.5, 0.6) is 0 Å². The van der Waals surface area contributed by atoms with E-state index >= 15 is 0 Å². The Morgan fingerprint density at radius 3 is 2.54 bits per heavy atom. The van der Waals surface area contributed by atoms with Gasteiger partial charge in [-0.2, -0.15) is 0 Å². The Morgan fingerprint density at radius 1 is 1.21 bits per heavy atom. The Kier molecular flexibility index (Phi) is 5.51. The molecule has 0 heterocycles. The van der Waals surface area contributed by atoms with E-state index in [-0.39, 0.29) is 22.2 Å². The molecule has 0 unspecified atom stereocenters. The molecule has 0 aliphatic rings. The van der Waals surface area contributed by atoms with Crippen LogP contribution in [0.25, 0.3) is 0 Å². The van der Waals surface area contributed by atoms with E-state index in [2.05, 4.69) is 10.0 Å². The molecule has 5 nitrogen and oxygen atoms in total. The zero-order valence-corrected chi connectivity index (χ0v) is 15.3. The summed E-state index contributed by atoms with van der Waals surface area (Å²) in [6.45, 7) is 3.92. The summed E-state index contributed by atoms with van der Waals surface area (Å²) in [5, 5.41) is 3.12. The summed E-state index contributed by atoms with van der Waals surface area (Å²) in [6.07, 6.45) is 1.82. The van der Waals surface area contributed by atoms with Gasteiger partial charge in [0, 0.05) is 11.4 Å². The highest BCUT2D eigenvalue weighted by molar-refractivity contribution is 7.92. The molecule has 0 aromatic heterocycles. The molecule has 2 aromatic carbocycles. The van der Waals surface area contributed by atoms with Crippen molar-refractivity contribution >= 4 is 38.9 Å². The van der Waals surface area contributed by atoms with Crippen molar-refractivity contribution in [2.45, 2.75) is 20.3 Å². The molecule has 2 N–H and O–H groups in total. The van der Waals surface area contributed by atoms with Gasteiger partial charge in [0.05, 0.1) is 16.8 Å². The minimum atomic E-state index is -3.43. The second-order valence-corrected chi connectivity index (χ2v) is 7.64. The number of hydrogen-bond acceptors (Lipinski definition) is 3. The minimum Gasteiger partial charge on any atom is -0.321 e. The highest BCUT2D eigenvalue weighted by Crippen LogP contribution is 2.25. The number of carbonyl (C=O) groups is 1. The Labute approximate surface area is 147 Å². The first-order valence-electron chi connectivity index (χ1n) is 7.38. The van der Waals surface area contributed by atoms with Crippen molar-refractivity contribution in [3.05, 3.63) is 58.1 Å². The molecule has 24 heavy (non-hydrogen) atoms. The molecule has 1 amide bonds. The molecule has 128 valence electrons. The lowest BCUT2D eigenvalue weighted by Crippen LogP contribution is -2.16. The fraction of sp³-hybridized carbons (Fsp3) is 0.235. The maximum absolute atomic E-state index is 12.6. The van der Waals surface area contributed by atoms with E-state index < -0.39 is 10.0 Å². The van der Waals surface area contributed by atoms with Crippen LogP contribution in [-0.2, 0) is 16.4 Å². The van der Waals surface area contributed by atoms with Gasteiger partial charge in [0.1, 0.15) is 0 Å². The normalized spacial score (nSPS) is 11.2. The third-order valence-corrected chi connectivity index (χ3v) is 4.43. The molecule has 0 aliphatic heterocycles. The molecule has 0 bridgehead atoms. The number of aryl methyl sites for hydroxylation is 2. The summed E-state index contributed by atoms with van der Waals surface area (Å²) in [5.41, 5.74) is 3.21. The lowest BCUT2D eigenvalue weighted by molar-refractivity contribution is 0.102. The van der Waals surface area contributed by atoms with Gasteiger partial charge < -0.3 is 5.32 Å². The van der Waals surface area contributed by atoms with Crippen LogP contribution in [0.4, 0.5) is 11.4 Å². The second kappa shape index (κ2) is 7.23. The molecular weight excluding hydrogens is 348 g/mol. The molecule has 2 rings (SSSR count). The van der Waals surface area contributed by atoms with Crippen molar-refractivity contribution in [1.29, 1.82) is 0 Å². The first-order chi connectivity index (χ1) is 11.2. The Morgan fingerprint density at radius 2 is 1.92 bits per heavy atom. The number of hydrogen-bond donors (Lipinski definition) is 2. The fourth-order valence-corrected chi connectivity index (χ4v) is 3.12. The number of sulfonamides is 1. The number of benzene rings is 2. The molecule has 0 spiro atoms. The Bertz CT molecular complexity index is 879. The standard InChI is InChI=1S/C17H19ClN2O3S/c1-4-12-7-5-6-11(2)16(12)19-17(21)14-10-13(8-9-15(14)18)20-24(3,22)23/h5-10,20H,4H2,1-3H3,(H,19,21). The number of para-hydroxylation sites is 1. The van der Waals surface area contributed by atoms with Gasteiger partial charge in [-0.25, -0.2) is 8.42 Å². The van der Waals surface area contributed by atoms with Crippen molar-refractivity contribution in [1.82, 2.24) is 0 Å². The van der Waals surface area contributed by atoms with Crippen molar-refractivity contribution < 1.29 is 13.2 Å². The highest BCUT2D eigenvalue weighted by Gasteiger charge is 2.15. The summed E-state index contributed by atoms with van der Waals surface area (Å²) in [4.78, 5) is 12.6. The summed E-state index contributed by atoms with van der Waals surface area (Å²) in [7, 11) is -3.43. The summed E-state index contributed by atoms with van der Waals surface area (Å²) in [5.74, 6) is -0.388. The molecule has 7 heteroatoms. The number of nitrogens with one attached hydrogen (secondary N) is 2. The van der Waals surface area contributed by atoms with Gasteiger partial charge in [-0.15, -0.1) is 0 Å². The van der Waals surface area contributed by atoms with Crippen LogP contribution in [0.3, 0.4) is 0 Å². The molecular formula is C17H19ClN2O3S. The topological polar surface area (TPSA) is 75.3 Å². The van der Waals surface area contributed by atoms with Crippen LogP contribution in [0.1, 0.15) is 28.4 Å². The van der Waals surface area contributed by atoms with Gasteiger partial charge in [0.2, 0.25) is 10.0 Å². The minimum absolute atomic E-state index is 0.204. The largest absolute Gasteiger partial charge is 0.321 e. The fourth-order valence-electron chi connectivity index (χ4n) is 2.36. The van der Waals surface area contributed by atoms with Crippen LogP contribution in [0.2, 0.25) is 5.02 Å². The van der Waals surface area contributed by atoms with E-state index in [1.807, 2.05) is 32.0 Å². The average Bonchev–Trinajstić information content (AvgIpc) is 2.49. The summed E-state index contributed by atoms with van der Waals surface area (Å²) in [6, 6.07) is 10.2. The predicted octanol–water partition coefficient (Wildman–Crippen LogP) is 3.83. The Hall–Kier alpha value is -2.05. The van der Waals surface area contributed by atoms with Crippen molar-refractivity contribution in [2.75, 3.05) is 16.3 Å². The van der Waals surface area contributed by atoms with Crippen molar-refractivity contribution in [3.8, 4) is 0 Å². The molecule has 0 atom stereocenters. The van der Waals surface area contributed by atoms with Gasteiger partial charge in [0.15, 0.2) is 0 Å². The van der Waals surface area contributed by atoms with Gasteiger partial charge in [-0.05, 0) is 42.7 Å². The molecule has 0 fully saturated rings. The quantitative estimate of drug-likeness (QED) is 0.844. The summed E-state index contributed by atoms with van der Waals surface area (Å²) < 4.78 is 25.0. The van der Waals surface area contributed by atoms with Crippen LogP contribution in [0, 0.1) is 6.92 Å². The van der Waals surface area contributed by atoms with Crippen LogP contribution in [0.15, 0.2) is 36.4 Å². The maximum Gasteiger partial charge on any atom is 0.257 e. The first-order valence-corrected chi connectivity index (χ1v) is 9.65. The van der Waals surface area contributed by atoms with E-state index in [9.17, 15) is 13.2 Å². The molecule has 2 aromatic rings. The lowest BCUT2D eigenvalue weighted by atomic mass is 10.1. The summed E-state index contributed by atoms with van der Waals surface area (Å²) >= 11 is 6.10. The van der Waals surface area contributed by atoms with Crippen LogP contribution < -0.4 is 10.0 Å². The van der Waals surface area contributed by atoms with E-state index in [0.717, 1.165) is 29.5 Å². The second-order valence-electron chi connectivity index (χ2n) is 5.49. The van der Waals surface area contributed by atoms with E-state index in [0.29, 0.717) is 0 Å². The molecule has 0 saturated heterocycles. The van der Waals surface area contributed by atoms with Crippen LogP contribution >= 0.6 is 11.6 Å². The first kappa shape index (κ1) is 18.3. The number of amides is 1. The third kappa shape index (κ3) is 4.49. The van der Waals surface area contributed by atoms with Gasteiger partial charge >= 0.3 is 0 Å². The highest BCUT2D eigenvalue weighted by atomic mass is 35.5. The monoisotopic (exact) mass is 366 g/mol. The van der Waals surface area contributed by atoms with Crippen molar-refractivity contribution in [3.63, 3.8) is 0 Å². The lowest BCUT2D eigenvalue weighted by Gasteiger charge is -2.14. The third-order valence-electron chi connectivity index (χ3n) is 3.49. The maximum atomic E-state index is 12.6. The number of rotatable bonds is 5. The van der Waals surface area contributed by atoms with Crippen molar-refractivity contribution in [2.24, 2.45) is 0 Å². The number of halogens is 1.